The van der Waals surface area contributed by atoms with E-state index in [2.05, 4.69) is 0 Å². The zero-order valence-electron chi connectivity index (χ0n) is 1.47. The van der Waals surface area contributed by atoms with Gasteiger partial charge in [0.2, 0.25) is 0 Å². The summed E-state index contributed by atoms with van der Waals surface area (Å²) in [4.78, 5) is 0. The SMILES string of the molecule is [CaH2].[Fe].[MgH2].[Mo].[Zn]. The summed E-state index contributed by atoms with van der Waals surface area (Å²) < 4.78 is 0. The molecule has 5 heteroatoms. The monoisotopic (exact) mass is 286 g/mol. The maximum absolute atomic E-state index is 0. The summed E-state index contributed by atoms with van der Waals surface area (Å²) in [6, 6.07) is 0. The van der Waals surface area contributed by atoms with Gasteiger partial charge in [-0.15, -0.1) is 0 Å². The predicted molar refractivity (Wildman–Crippen MR) is 17.1 cm³/mol. The molecular weight excluding hydrogens is 282 g/mol. The molecule has 0 aliphatic heterocycles. The van der Waals surface area contributed by atoms with E-state index in [9.17, 15) is 0 Å². The summed E-state index contributed by atoms with van der Waals surface area (Å²) in [7, 11) is 0. The van der Waals surface area contributed by atoms with Gasteiger partial charge in [0.15, 0.2) is 0 Å². The van der Waals surface area contributed by atoms with Gasteiger partial charge in [-0.2, -0.15) is 0 Å². The third-order valence-electron chi connectivity index (χ3n) is 0. The fourth-order valence-corrected chi connectivity index (χ4v) is 0. The number of hydrogen-bond donors (Lipinski definition) is 0. The van der Waals surface area contributed by atoms with Crippen molar-refractivity contribution in [3.63, 3.8) is 0 Å². The number of rotatable bonds is 0. The zero-order chi connectivity index (χ0) is 0. The number of hydrogen-bond acceptors (Lipinski definition) is 0. The van der Waals surface area contributed by atoms with Crippen LogP contribution in [0.4, 0.5) is 0 Å². The van der Waals surface area contributed by atoms with E-state index in [1.165, 1.54) is 0 Å². The van der Waals surface area contributed by atoms with Crippen LogP contribution in [-0.4, -0.2) is 60.8 Å². The second-order valence-corrected chi connectivity index (χ2v) is 0. The smallest absolute Gasteiger partial charge is 0 e. The molecule has 0 saturated heterocycles. The molecule has 0 heterocycles. The van der Waals surface area contributed by atoms with Crippen LogP contribution in [0.5, 0.6) is 0 Å². The molecule has 0 spiro atoms. The van der Waals surface area contributed by atoms with Gasteiger partial charge >= 0.3 is 60.8 Å². The second kappa shape index (κ2) is 24.8. The van der Waals surface area contributed by atoms with Crippen LogP contribution in [0.2, 0.25) is 0 Å². The summed E-state index contributed by atoms with van der Waals surface area (Å²) in [6.45, 7) is 0. The Kier molecular flexibility index (Phi) is 183. The zero-order valence-corrected chi connectivity index (χ0v) is 7.55. The van der Waals surface area contributed by atoms with Crippen molar-refractivity contribution >= 4 is 60.8 Å². The Balaban J connectivity index is 0. The van der Waals surface area contributed by atoms with Gasteiger partial charge in [-0.25, -0.2) is 0 Å². The molecule has 5 heavy (non-hydrogen) atoms. The normalized spacial score (nSPS) is 0. The standard InChI is InChI=1S/Ca.Fe.Mg.Mo.Zn.4H. The minimum atomic E-state index is 0. The molecule has 24 valence electrons. The van der Waals surface area contributed by atoms with Crippen molar-refractivity contribution in [3.8, 4) is 0 Å². The Bertz CT molecular complexity index is 11.6. The third-order valence-corrected chi connectivity index (χ3v) is 0. The molecule has 0 rings (SSSR count). The Morgan fingerprint density at radius 1 is 1.00 bits per heavy atom. The van der Waals surface area contributed by atoms with E-state index in [1.54, 1.807) is 0 Å². The Labute approximate surface area is 116 Å². The van der Waals surface area contributed by atoms with Crippen LogP contribution < -0.4 is 0 Å². The Morgan fingerprint density at radius 3 is 1.00 bits per heavy atom. The van der Waals surface area contributed by atoms with Gasteiger partial charge in [0.25, 0.3) is 0 Å². The minimum absolute atomic E-state index is 0. The van der Waals surface area contributed by atoms with E-state index >= 15 is 0 Å². The van der Waals surface area contributed by atoms with Crippen LogP contribution in [0.1, 0.15) is 0 Å². The van der Waals surface area contributed by atoms with Crippen LogP contribution in [-0.2, 0) is 57.6 Å². The van der Waals surface area contributed by atoms with Gasteiger partial charge in [-0.3, -0.25) is 0 Å². The molecule has 0 unspecified atom stereocenters. The van der Waals surface area contributed by atoms with Gasteiger partial charge in [-0.05, 0) is 0 Å². The van der Waals surface area contributed by atoms with Crippen LogP contribution in [0.3, 0.4) is 0 Å². The van der Waals surface area contributed by atoms with E-state index in [0.29, 0.717) is 0 Å². The minimum Gasteiger partial charge on any atom is 0 e. The first-order chi connectivity index (χ1) is 0. The van der Waals surface area contributed by atoms with Gasteiger partial charge < -0.3 is 0 Å². The molecule has 0 saturated carbocycles. The molecule has 0 nitrogen and oxygen atoms in total. The van der Waals surface area contributed by atoms with Crippen LogP contribution in [0, 0.1) is 0 Å². The maximum atomic E-state index is 0. The Hall–Kier alpha value is 3.86. The fraction of sp³-hybridized carbons (Fsp3) is 0. The average Bonchev–Trinajstić information content (AvgIpc) is 0. The summed E-state index contributed by atoms with van der Waals surface area (Å²) >= 11 is 0. The van der Waals surface area contributed by atoms with Crippen molar-refractivity contribution < 1.29 is 57.6 Å². The first kappa shape index (κ1) is 36.8. The maximum Gasteiger partial charge on any atom is 0.316 e. The summed E-state index contributed by atoms with van der Waals surface area (Å²) in [5, 5.41) is 0. The van der Waals surface area contributed by atoms with E-state index < -0.39 is 0 Å². The molecule has 0 aromatic carbocycles. The van der Waals surface area contributed by atoms with Crippen molar-refractivity contribution in [1.82, 2.24) is 0 Å². The van der Waals surface area contributed by atoms with Gasteiger partial charge in [-0.1, -0.05) is 0 Å². The van der Waals surface area contributed by atoms with Crippen LogP contribution >= 0.6 is 0 Å². The van der Waals surface area contributed by atoms with E-state index in [4.69, 9.17) is 0 Å². The van der Waals surface area contributed by atoms with Gasteiger partial charge in [0, 0.05) is 57.6 Å². The molecule has 0 aromatic heterocycles. The quantitative estimate of drug-likeness (QED) is 0.459. The van der Waals surface area contributed by atoms with Crippen molar-refractivity contribution in [1.29, 1.82) is 0 Å². The van der Waals surface area contributed by atoms with Crippen LogP contribution in [0.25, 0.3) is 0 Å². The third kappa shape index (κ3) is 18.1. The molecule has 0 atom stereocenters. The molecule has 0 bridgehead atoms. The van der Waals surface area contributed by atoms with Crippen molar-refractivity contribution in [2.45, 2.75) is 0 Å². The molecular formula is H4CaFeMgMoZn. The molecule has 0 radical (unpaired) electrons. The van der Waals surface area contributed by atoms with Crippen molar-refractivity contribution in [2.75, 3.05) is 0 Å². The van der Waals surface area contributed by atoms with E-state index in [-0.39, 0.29) is 118 Å². The van der Waals surface area contributed by atoms with Gasteiger partial charge in [0.05, 0.1) is 0 Å². The first-order valence-corrected chi connectivity index (χ1v) is 0. The van der Waals surface area contributed by atoms with Crippen LogP contribution in [0.15, 0.2) is 0 Å². The largest absolute Gasteiger partial charge is 0.316 e. The summed E-state index contributed by atoms with van der Waals surface area (Å²) in [5.41, 5.74) is 0. The second-order valence-electron chi connectivity index (χ2n) is 0. The average molecular weight is 286 g/mol. The molecule has 0 aliphatic rings. The predicted octanol–water partition coefficient (Wildman–Crippen LogP) is -1.84. The van der Waals surface area contributed by atoms with E-state index in [0.717, 1.165) is 0 Å². The fourth-order valence-electron chi connectivity index (χ4n) is 0. The Morgan fingerprint density at radius 2 is 1.00 bits per heavy atom. The summed E-state index contributed by atoms with van der Waals surface area (Å²) in [6.07, 6.45) is 0. The van der Waals surface area contributed by atoms with Crippen molar-refractivity contribution in [2.24, 2.45) is 0 Å². The molecule has 0 aromatic rings. The van der Waals surface area contributed by atoms with Crippen molar-refractivity contribution in [3.05, 3.63) is 0 Å². The summed E-state index contributed by atoms with van der Waals surface area (Å²) in [5.74, 6) is 0. The molecule has 0 aliphatic carbocycles. The molecule has 0 fully saturated rings. The topological polar surface area (TPSA) is 0 Å². The molecule has 0 N–H and O–H groups in total. The van der Waals surface area contributed by atoms with E-state index in [1.807, 2.05) is 0 Å². The molecule has 0 amide bonds. The van der Waals surface area contributed by atoms with Gasteiger partial charge in [0.1, 0.15) is 0 Å². The first-order valence-electron chi connectivity index (χ1n) is 0.